The van der Waals surface area contributed by atoms with Gasteiger partial charge in [-0.05, 0) is 41.3 Å². The fourth-order valence-electron chi connectivity index (χ4n) is 3.85. The van der Waals surface area contributed by atoms with Crippen LogP contribution in [0.25, 0.3) is 11.3 Å². The van der Waals surface area contributed by atoms with Crippen LogP contribution >= 0.6 is 0 Å². The van der Waals surface area contributed by atoms with Crippen molar-refractivity contribution < 1.29 is 9.32 Å². The summed E-state index contributed by atoms with van der Waals surface area (Å²) in [5.74, 6) is 0.253. The van der Waals surface area contributed by atoms with E-state index in [1.807, 2.05) is 12.1 Å². The highest BCUT2D eigenvalue weighted by atomic mass is 16.5. The molecular weight excluding hydrogens is 388 g/mol. The molecule has 1 N–H and O–H groups in total. The summed E-state index contributed by atoms with van der Waals surface area (Å²) in [5.41, 5.74) is 6.08. The number of pyridine rings is 1. The SMILES string of the molecule is O=C(NCc1ccc(CN2CCc3ccccc32)cc1)c1cc(-c2cccnc2)on1. The number of anilines is 1. The van der Waals surface area contributed by atoms with Crippen LogP contribution in [-0.4, -0.2) is 22.6 Å². The molecule has 0 spiro atoms. The number of benzene rings is 2. The molecule has 5 rings (SSSR count). The summed E-state index contributed by atoms with van der Waals surface area (Å²) in [7, 11) is 0. The van der Waals surface area contributed by atoms with Crippen LogP contribution in [0, 0.1) is 0 Å². The normalized spacial score (nSPS) is 12.6. The number of aromatic nitrogens is 2. The number of hydrogen-bond donors (Lipinski definition) is 1. The minimum Gasteiger partial charge on any atom is -0.367 e. The lowest BCUT2D eigenvalue weighted by Crippen LogP contribution is -2.23. The van der Waals surface area contributed by atoms with E-state index in [-0.39, 0.29) is 11.6 Å². The summed E-state index contributed by atoms with van der Waals surface area (Å²) in [6.07, 6.45) is 4.46. The lowest BCUT2D eigenvalue weighted by molar-refractivity contribution is 0.0942. The van der Waals surface area contributed by atoms with Gasteiger partial charge in [-0.1, -0.05) is 47.6 Å². The maximum absolute atomic E-state index is 12.4. The number of para-hydroxylation sites is 1. The largest absolute Gasteiger partial charge is 0.367 e. The lowest BCUT2D eigenvalue weighted by Gasteiger charge is -2.19. The molecule has 0 aliphatic carbocycles. The number of fused-ring (bicyclic) bond motifs is 1. The van der Waals surface area contributed by atoms with E-state index in [4.69, 9.17) is 4.52 Å². The smallest absolute Gasteiger partial charge is 0.273 e. The average Bonchev–Trinajstić information content (AvgIpc) is 3.47. The molecule has 0 saturated heterocycles. The first-order valence-corrected chi connectivity index (χ1v) is 10.3. The van der Waals surface area contributed by atoms with Gasteiger partial charge in [0, 0.05) is 49.3 Å². The first-order chi connectivity index (χ1) is 15.3. The molecule has 0 saturated carbocycles. The summed E-state index contributed by atoms with van der Waals surface area (Å²) in [4.78, 5) is 18.9. The van der Waals surface area contributed by atoms with Crippen molar-refractivity contribution in [2.45, 2.75) is 19.5 Å². The van der Waals surface area contributed by atoms with Crippen LogP contribution in [0.3, 0.4) is 0 Å². The maximum atomic E-state index is 12.4. The van der Waals surface area contributed by atoms with E-state index < -0.39 is 0 Å². The standard InChI is InChI=1S/C25H22N4O2/c30-25(22-14-24(31-28-22)21-5-3-12-26-16-21)27-15-18-7-9-19(10-8-18)17-29-13-11-20-4-1-2-6-23(20)29/h1-10,12,14,16H,11,13,15,17H2,(H,27,30). The molecule has 0 fully saturated rings. The number of amides is 1. The van der Waals surface area contributed by atoms with Crippen molar-refractivity contribution in [3.05, 3.63) is 102 Å². The van der Waals surface area contributed by atoms with Crippen molar-refractivity contribution in [1.82, 2.24) is 15.5 Å². The molecule has 1 aliphatic rings. The number of nitrogens with one attached hydrogen (secondary N) is 1. The van der Waals surface area contributed by atoms with Gasteiger partial charge in [-0.3, -0.25) is 9.78 Å². The topological polar surface area (TPSA) is 71.3 Å². The Hall–Kier alpha value is -3.93. The van der Waals surface area contributed by atoms with Gasteiger partial charge >= 0.3 is 0 Å². The fraction of sp³-hybridized carbons (Fsp3) is 0.160. The number of rotatable bonds is 6. The molecule has 2 aromatic carbocycles. The zero-order valence-electron chi connectivity index (χ0n) is 17.0. The van der Waals surface area contributed by atoms with Crippen LogP contribution in [0.15, 0.2) is 83.6 Å². The Labute approximate surface area is 180 Å². The highest BCUT2D eigenvalue weighted by Gasteiger charge is 2.18. The maximum Gasteiger partial charge on any atom is 0.273 e. The van der Waals surface area contributed by atoms with Gasteiger partial charge in [-0.25, -0.2) is 0 Å². The van der Waals surface area contributed by atoms with Crippen LogP contribution in [0.4, 0.5) is 5.69 Å². The number of hydrogen-bond acceptors (Lipinski definition) is 5. The van der Waals surface area contributed by atoms with Crippen LogP contribution in [-0.2, 0) is 19.5 Å². The van der Waals surface area contributed by atoms with Crippen LogP contribution in [0.1, 0.15) is 27.2 Å². The van der Waals surface area contributed by atoms with Gasteiger partial charge in [0.1, 0.15) is 0 Å². The third-order valence-electron chi connectivity index (χ3n) is 5.52. The van der Waals surface area contributed by atoms with Crippen molar-refractivity contribution in [2.24, 2.45) is 0 Å². The highest BCUT2D eigenvalue weighted by Crippen LogP contribution is 2.28. The van der Waals surface area contributed by atoms with E-state index in [1.165, 1.54) is 16.8 Å². The lowest BCUT2D eigenvalue weighted by atomic mass is 10.1. The van der Waals surface area contributed by atoms with E-state index in [0.717, 1.165) is 30.6 Å². The van der Waals surface area contributed by atoms with Gasteiger partial charge in [-0.2, -0.15) is 0 Å². The number of nitrogens with zero attached hydrogens (tertiary/aromatic N) is 3. The zero-order chi connectivity index (χ0) is 21.0. The predicted molar refractivity (Wildman–Crippen MR) is 119 cm³/mol. The molecule has 0 bridgehead atoms. The minimum atomic E-state index is -0.267. The summed E-state index contributed by atoms with van der Waals surface area (Å²) in [6.45, 7) is 2.37. The van der Waals surface area contributed by atoms with Crippen molar-refractivity contribution >= 4 is 11.6 Å². The van der Waals surface area contributed by atoms with Gasteiger partial charge in [0.05, 0.1) is 0 Å². The molecule has 2 aromatic heterocycles. The van der Waals surface area contributed by atoms with Gasteiger partial charge in [0.2, 0.25) is 0 Å². The molecular formula is C25H22N4O2. The second-order valence-electron chi connectivity index (χ2n) is 7.62. The van der Waals surface area contributed by atoms with E-state index in [9.17, 15) is 4.79 Å². The van der Waals surface area contributed by atoms with E-state index >= 15 is 0 Å². The quantitative estimate of drug-likeness (QED) is 0.515. The van der Waals surface area contributed by atoms with Crippen LogP contribution in [0.2, 0.25) is 0 Å². The average molecular weight is 410 g/mol. The Bertz CT molecular complexity index is 1190. The summed E-state index contributed by atoms with van der Waals surface area (Å²) in [6, 6.07) is 22.2. The zero-order valence-corrected chi connectivity index (χ0v) is 17.0. The fourth-order valence-corrected chi connectivity index (χ4v) is 3.85. The highest BCUT2D eigenvalue weighted by molar-refractivity contribution is 5.93. The van der Waals surface area contributed by atoms with Crippen molar-refractivity contribution in [3.8, 4) is 11.3 Å². The molecule has 6 heteroatoms. The summed E-state index contributed by atoms with van der Waals surface area (Å²) in [5, 5.41) is 6.77. The molecule has 6 nitrogen and oxygen atoms in total. The van der Waals surface area contributed by atoms with Crippen molar-refractivity contribution in [2.75, 3.05) is 11.4 Å². The van der Waals surface area contributed by atoms with Gasteiger partial charge < -0.3 is 14.7 Å². The molecule has 0 atom stereocenters. The molecule has 1 aliphatic heterocycles. The molecule has 1 amide bonds. The van der Waals surface area contributed by atoms with E-state index in [1.54, 1.807) is 18.5 Å². The molecule has 154 valence electrons. The predicted octanol–water partition coefficient (Wildman–Crippen LogP) is 4.23. The third kappa shape index (κ3) is 4.19. The first-order valence-electron chi connectivity index (χ1n) is 10.3. The molecule has 31 heavy (non-hydrogen) atoms. The number of carbonyl (C=O) groups is 1. The minimum absolute atomic E-state index is 0.253. The monoisotopic (exact) mass is 410 g/mol. The van der Waals surface area contributed by atoms with Gasteiger partial charge in [0.25, 0.3) is 5.91 Å². The summed E-state index contributed by atoms with van der Waals surface area (Å²) < 4.78 is 5.27. The Balaban J connectivity index is 1.17. The Morgan fingerprint density at radius 2 is 1.87 bits per heavy atom. The first kappa shape index (κ1) is 19.1. The Kier molecular flexibility index (Phi) is 5.19. The third-order valence-corrected chi connectivity index (χ3v) is 5.52. The van der Waals surface area contributed by atoms with Crippen LogP contribution in [0.5, 0.6) is 0 Å². The van der Waals surface area contributed by atoms with Crippen LogP contribution < -0.4 is 10.2 Å². The number of carbonyl (C=O) groups excluding carboxylic acids is 1. The summed E-state index contributed by atoms with van der Waals surface area (Å²) >= 11 is 0. The van der Waals surface area contributed by atoms with E-state index in [0.29, 0.717) is 12.3 Å². The van der Waals surface area contributed by atoms with Crippen molar-refractivity contribution in [1.29, 1.82) is 0 Å². The van der Waals surface area contributed by atoms with E-state index in [2.05, 4.69) is 68.9 Å². The molecule has 3 heterocycles. The Morgan fingerprint density at radius 3 is 2.71 bits per heavy atom. The molecule has 0 radical (unpaired) electrons. The van der Waals surface area contributed by atoms with Gasteiger partial charge in [-0.15, -0.1) is 0 Å². The van der Waals surface area contributed by atoms with Gasteiger partial charge in [0.15, 0.2) is 11.5 Å². The second-order valence-corrected chi connectivity index (χ2v) is 7.62. The van der Waals surface area contributed by atoms with Crippen molar-refractivity contribution in [3.63, 3.8) is 0 Å². The Morgan fingerprint density at radius 1 is 1.03 bits per heavy atom. The molecule has 4 aromatic rings. The molecule has 0 unspecified atom stereocenters. The second kappa shape index (κ2) is 8.44.